The Bertz CT molecular complexity index is 611. The second-order valence-corrected chi connectivity index (χ2v) is 8.00. The summed E-state index contributed by atoms with van der Waals surface area (Å²) >= 11 is 3.04. The fraction of sp³-hybridized carbons (Fsp3) is 0.667. The van der Waals surface area contributed by atoms with Crippen LogP contribution >= 0.6 is 15.9 Å². The fourth-order valence-electron chi connectivity index (χ4n) is 2.31. The second kappa shape index (κ2) is 10.4. The molecule has 0 saturated carbocycles. The van der Waals surface area contributed by atoms with Crippen molar-refractivity contribution in [1.29, 1.82) is 0 Å². The number of amides is 3. The van der Waals surface area contributed by atoms with E-state index in [-0.39, 0.29) is 29.4 Å². The number of rotatable bonds is 9. The first-order valence-electron chi connectivity index (χ1n) is 8.94. The fourth-order valence-corrected chi connectivity index (χ4v) is 2.72. The number of nitrogens with one attached hydrogen (secondary N) is 1. The summed E-state index contributed by atoms with van der Waals surface area (Å²) in [4.78, 5) is 48.7. The van der Waals surface area contributed by atoms with Crippen LogP contribution in [0.1, 0.15) is 53.4 Å². The molecule has 0 fully saturated rings. The zero-order chi connectivity index (χ0) is 20.6. The van der Waals surface area contributed by atoms with Gasteiger partial charge in [-0.25, -0.2) is 9.59 Å². The minimum Gasteiger partial charge on any atom is -0.464 e. The van der Waals surface area contributed by atoms with Gasteiger partial charge in [-0.1, -0.05) is 6.92 Å². The van der Waals surface area contributed by atoms with E-state index < -0.39 is 23.7 Å². The maximum atomic E-state index is 12.2. The molecule has 1 aliphatic heterocycles. The molecule has 1 heterocycles. The largest absolute Gasteiger partial charge is 0.464 e. The molecule has 1 rings (SSSR count). The Kier molecular flexibility index (Phi) is 8.95. The quantitative estimate of drug-likeness (QED) is 0.331. The number of esters is 1. The van der Waals surface area contributed by atoms with Crippen molar-refractivity contribution in [2.75, 3.05) is 13.2 Å². The van der Waals surface area contributed by atoms with Crippen LogP contribution in [0.5, 0.6) is 0 Å². The van der Waals surface area contributed by atoms with Crippen LogP contribution in [0.4, 0.5) is 4.79 Å². The zero-order valence-electron chi connectivity index (χ0n) is 16.2. The van der Waals surface area contributed by atoms with Crippen LogP contribution in [0.3, 0.4) is 0 Å². The van der Waals surface area contributed by atoms with Crippen LogP contribution in [0.15, 0.2) is 10.6 Å². The first-order valence-corrected chi connectivity index (χ1v) is 9.73. The number of ether oxygens (including phenoxy) is 2. The summed E-state index contributed by atoms with van der Waals surface area (Å²) in [5.41, 5.74) is -0.682. The van der Waals surface area contributed by atoms with Crippen LogP contribution in [0, 0.1) is 0 Å². The predicted molar refractivity (Wildman–Crippen MR) is 102 cm³/mol. The third kappa shape index (κ3) is 8.11. The van der Waals surface area contributed by atoms with Crippen molar-refractivity contribution in [3.63, 3.8) is 0 Å². The molecule has 1 aliphatic rings. The Morgan fingerprint density at radius 1 is 1.26 bits per heavy atom. The number of hydrogen-bond acceptors (Lipinski definition) is 6. The van der Waals surface area contributed by atoms with E-state index in [1.165, 1.54) is 6.08 Å². The molecule has 0 radical (unpaired) electrons. The Morgan fingerprint density at radius 2 is 1.93 bits per heavy atom. The Labute approximate surface area is 167 Å². The third-order valence-electron chi connectivity index (χ3n) is 3.51. The lowest BCUT2D eigenvalue weighted by Gasteiger charge is -2.23. The normalized spacial score (nSPS) is 15.4. The highest BCUT2D eigenvalue weighted by atomic mass is 79.9. The minimum absolute atomic E-state index is 0.236. The van der Waals surface area contributed by atoms with Crippen LogP contribution < -0.4 is 5.32 Å². The molecule has 27 heavy (non-hydrogen) atoms. The lowest BCUT2D eigenvalue weighted by molar-refractivity contribution is -0.146. The molecule has 3 amide bonds. The lowest BCUT2D eigenvalue weighted by Crippen LogP contribution is -2.44. The summed E-state index contributed by atoms with van der Waals surface area (Å²) in [5.74, 6) is -1.26. The average molecular weight is 447 g/mol. The van der Waals surface area contributed by atoms with Crippen molar-refractivity contribution in [3.8, 4) is 0 Å². The molecule has 1 atom stereocenters. The second-order valence-electron chi connectivity index (χ2n) is 7.15. The van der Waals surface area contributed by atoms with Gasteiger partial charge in [0.05, 0.1) is 11.1 Å². The van der Waals surface area contributed by atoms with E-state index in [4.69, 9.17) is 9.47 Å². The van der Waals surface area contributed by atoms with Crippen molar-refractivity contribution < 1.29 is 28.7 Å². The van der Waals surface area contributed by atoms with Crippen LogP contribution in [-0.2, 0) is 23.9 Å². The molecule has 0 aromatic carbocycles. The van der Waals surface area contributed by atoms with Crippen molar-refractivity contribution in [1.82, 2.24) is 10.2 Å². The number of hydrogen-bond donors (Lipinski definition) is 1. The summed E-state index contributed by atoms with van der Waals surface area (Å²) in [5, 5.41) is 2.53. The van der Waals surface area contributed by atoms with Crippen molar-refractivity contribution in [2.45, 2.75) is 65.0 Å². The van der Waals surface area contributed by atoms with E-state index in [0.717, 1.165) is 4.90 Å². The summed E-state index contributed by atoms with van der Waals surface area (Å²) in [6.45, 7) is 7.57. The van der Waals surface area contributed by atoms with Crippen molar-refractivity contribution in [2.24, 2.45) is 0 Å². The maximum absolute atomic E-state index is 12.2. The molecule has 1 N–H and O–H groups in total. The summed E-state index contributed by atoms with van der Waals surface area (Å²) in [6, 6.07) is -0.846. The number of nitrogens with zero attached hydrogens (tertiary/aromatic N) is 1. The van der Waals surface area contributed by atoms with Crippen molar-refractivity contribution in [3.05, 3.63) is 10.6 Å². The van der Waals surface area contributed by atoms with Gasteiger partial charge in [0.1, 0.15) is 11.6 Å². The van der Waals surface area contributed by atoms with Crippen LogP contribution in [0.2, 0.25) is 0 Å². The molecule has 0 unspecified atom stereocenters. The van der Waals surface area contributed by atoms with E-state index in [9.17, 15) is 19.2 Å². The number of carbonyl (C=O) groups excluding carboxylic acids is 4. The standard InChI is InChI=1S/C18H27BrN2O6/c1-5-10-26-16(24)13(20-17(25)27-18(2,3)4)8-6-7-9-21-14(22)11-12(19)15(21)23/h11,13H,5-10H2,1-4H3,(H,20,25)/t13-/m0/s1. The molecular formula is C18H27BrN2O6. The number of halogens is 1. The first-order chi connectivity index (χ1) is 12.5. The molecule has 0 aliphatic carbocycles. The van der Waals surface area contributed by atoms with Gasteiger partial charge in [0.2, 0.25) is 0 Å². The van der Waals surface area contributed by atoms with E-state index >= 15 is 0 Å². The topological polar surface area (TPSA) is 102 Å². The minimum atomic E-state index is -0.846. The molecule has 0 aromatic heterocycles. The summed E-state index contributed by atoms with van der Waals surface area (Å²) in [7, 11) is 0. The smallest absolute Gasteiger partial charge is 0.408 e. The third-order valence-corrected chi connectivity index (χ3v) is 4.08. The van der Waals surface area contributed by atoms with Gasteiger partial charge >= 0.3 is 12.1 Å². The van der Waals surface area contributed by atoms with Crippen LogP contribution in [0.25, 0.3) is 0 Å². The van der Waals surface area contributed by atoms with E-state index in [0.29, 0.717) is 25.7 Å². The van der Waals surface area contributed by atoms with Crippen molar-refractivity contribution >= 4 is 39.8 Å². The average Bonchev–Trinajstić information content (AvgIpc) is 2.79. The molecule has 8 nitrogen and oxygen atoms in total. The monoisotopic (exact) mass is 446 g/mol. The highest BCUT2D eigenvalue weighted by Gasteiger charge is 2.29. The van der Waals surface area contributed by atoms with E-state index in [2.05, 4.69) is 21.2 Å². The van der Waals surface area contributed by atoms with E-state index in [1.807, 2.05) is 6.92 Å². The highest BCUT2D eigenvalue weighted by Crippen LogP contribution is 2.19. The lowest BCUT2D eigenvalue weighted by atomic mass is 10.1. The number of alkyl carbamates (subject to hydrolysis) is 1. The number of carbonyl (C=O) groups is 4. The molecule has 0 aromatic rings. The predicted octanol–water partition coefficient (Wildman–Crippen LogP) is 2.65. The van der Waals surface area contributed by atoms with Gasteiger partial charge in [0, 0.05) is 12.6 Å². The Balaban J connectivity index is 2.53. The SMILES string of the molecule is CCCOC(=O)[C@H](CCCCN1C(=O)C=C(Br)C1=O)NC(=O)OC(C)(C)C. The molecule has 152 valence electrons. The molecule has 9 heteroatoms. The summed E-state index contributed by atoms with van der Waals surface area (Å²) < 4.78 is 10.5. The summed E-state index contributed by atoms with van der Waals surface area (Å²) in [6.07, 6.45) is 2.53. The van der Waals surface area contributed by atoms with Gasteiger partial charge in [-0.05, 0) is 62.4 Å². The van der Waals surface area contributed by atoms with E-state index in [1.54, 1.807) is 20.8 Å². The zero-order valence-corrected chi connectivity index (χ0v) is 17.8. The van der Waals surface area contributed by atoms with Gasteiger partial charge in [-0.3, -0.25) is 14.5 Å². The van der Waals surface area contributed by atoms with Gasteiger partial charge in [-0.2, -0.15) is 0 Å². The van der Waals surface area contributed by atoms with Crippen LogP contribution in [-0.4, -0.2) is 53.6 Å². The maximum Gasteiger partial charge on any atom is 0.408 e. The molecular weight excluding hydrogens is 420 g/mol. The molecule has 0 bridgehead atoms. The van der Waals surface area contributed by atoms with Gasteiger partial charge < -0.3 is 14.8 Å². The Morgan fingerprint density at radius 3 is 2.44 bits per heavy atom. The van der Waals surface area contributed by atoms with Gasteiger partial charge in [0.15, 0.2) is 0 Å². The number of unbranched alkanes of at least 4 members (excludes halogenated alkanes) is 1. The Hall–Kier alpha value is -1.90. The molecule has 0 saturated heterocycles. The number of imide groups is 1. The first kappa shape index (κ1) is 23.1. The van der Waals surface area contributed by atoms with Gasteiger partial charge in [-0.15, -0.1) is 0 Å². The molecule has 0 spiro atoms. The highest BCUT2D eigenvalue weighted by molar-refractivity contribution is 9.12. The van der Waals surface area contributed by atoms with Gasteiger partial charge in [0.25, 0.3) is 11.8 Å².